The highest BCUT2D eigenvalue weighted by atomic mass is 79.9. The molecule has 0 aliphatic rings. The summed E-state index contributed by atoms with van der Waals surface area (Å²) in [4.78, 5) is 0. The van der Waals surface area contributed by atoms with Gasteiger partial charge in [-0.3, -0.25) is 0 Å². The minimum absolute atomic E-state index is 0.0373. The average Bonchev–Trinajstić information content (AvgIpc) is 2.23. The van der Waals surface area contributed by atoms with Gasteiger partial charge in [-0.05, 0) is 45.8 Å². The van der Waals surface area contributed by atoms with Gasteiger partial charge < -0.3 is 5.73 Å². The smallest absolute Gasteiger partial charge is 0.146 e. The van der Waals surface area contributed by atoms with Crippen molar-refractivity contribution in [2.45, 2.75) is 39.7 Å². The van der Waals surface area contributed by atoms with E-state index in [-0.39, 0.29) is 22.3 Å². The van der Waals surface area contributed by atoms with Gasteiger partial charge in [0, 0.05) is 10.5 Å². The summed E-state index contributed by atoms with van der Waals surface area (Å²) in [7, 11) is 0. The van der Waals surface area contributed by atoms with Gasteiger partial charge in [0.2, 0.25) is 0 Å². The lowest BCUT2D eigenvalue weighted by Gasteiger charge is -2.27. The third kappa shape index (κ3) is 3.94. The van der Waals surface area contributed by atoms with Crippen molar-refractivity contribution in [1.82, 2.24) is 0 Å². The van der Waals surface area contributed by atoms with E-state index in [0.717, 1.165) is 6.42 Å². The molecule has 0 fully saturated rings. The van der Waals surface area contributed by atoms with Crippen LogP contribution >= 0.6 is 27.5 Å². The molecule has 0 amide bonds. The first-order valence-corrected chi connectivity index (χ1v) is 6.78. The monoisotopic (exact) mass is 321 g/mol. The summed E-state index contributed by atoms with van der Waals surface area (Å²) in [5.74, 6) is -0.345. The molecule has 96 valence electrons. The van der Waals surface area contributed by atoms with Crippen LogP contribution in [0.25, 0.3) is 0 Å². The zero-order valence-electron chi connectivity index (χ0n) is 10.4. The van der Waals surface area contributed by atoms with E-state index >= 15 is 0 Å². The Bertz CT molecular complexity index is 401. The van der Waals surface area contributed by atoms with Crippen molar-refractivity contribution < 1.29 is 4.39 Å². The van der Waals surface area contributed by atoms with Crippen LogP contribution in [0.15, 0.2) is 16.6 Å². The van der Waals surface area contributed by atoms with Crippen molar-refractivity contribution in [3.05, 3.63) is 33.0 Å². The SMILES string of the molecule is CC(C)(C)C(N)CCc1ccc(Br)c(Cl)c1F. The van der Waals surface area contributed by atoms with E-state index in [0.29, 0.717) is 16.5 Å². The summed E-state index contributed by atoms with van der Waals surface area (Å²) in [6.07, 6.45) is 1.36. The van der Waals surface area contributed by atoms with Crippen LogP contribution in [0.2, 0.25) is 5.02 Å². The van der Waals surface area contributed by atoms with E-state index in [1.54, 1.807) is 12.1 Å². The van der Waals surface area contributed by atoms with Crippen LogP contribution in [0.1, 0.15) is 32.8 Å². The lowest BCUT2D eigenvalue weighted by Crippen LogP contribution is -2.35. The molecular weight excluding hydrogens is 305 g/mol. The summed E-state index contributed by atoms with van der Waals surface area (Å²) in [6.45, 7) is 6.26. The molecule has 1 rings (SSSR count). The predicted molar refractivity (Wildman–Crippen MR) is 74.9 cm³/mol. The van der Waals surface area contributed by atoms with Crippen LogP contribution in [0.3, 0.4) is 0 Å². The molecule has 1 nitrogen and oxygen atoms in total. The van der Waals surface area contributed by atoms with Crippen LogP contribution in [0.5, 0.6) is 0 Å². The number of rotatable bonds is 3. The number of hydrogen-bond donors (Lipinski definition) is 1. The topological polar surface area (TPSA) is 26.0 Å². The van der Waals surface area contributed by atoms with Crippen LogP contribution in [-0.4, -0.2) is 6.04 Å². The van der Waals surface area contributed by atoms with E-state index in [1.807, 2.05) is 0 Å². The summed E-state index contributed by atoms with van der Waals surface area (Å²) >= 11 is 9.03. The average molecular weight is 323 g/mol. The molecule has 1 aromatic rings. The van der Waals surface area contributed by atoms with Gasteiger partial charge in [-0.15, -0.1) is 0 Å². The van der Waals surface area contributed by atoms with Gasteiger partial charge in [-0.25, -0.2) is 4.39 Å². The van der Waals surface area contributed by atoms with Crippen LogP contribution in [0.4, 0.5) is 4.39 Å². The molecule has 0 saturated carbocycles. The molecule has 0 radical (unpaired) electrons. The second-order valence-corrected chi connectivity index (χ2v) is 6.58. The summed E-state index contributed by atoms with van der Waals surface area (Å²) in [6, 6.07) is 3.56. The van der Waals surface area contributed by atoms with E-state index in [9.17, 15) is 4.39 Å². The van der Waals surface area contributed by atoms with E-state index < -0.39 is 0 Å². The highest BCUT2D eigenvalue weighted by molar-refractivity contribution is 9.10. The molecule has 1 atom stereocenters. The normalized spacial score (nSPS) is 13.8. The van der Waals surface area contributed by atoms with Crippen molar-refractivity contribution in [3.63, 3.8) is 0 Å². The summed E-state index contributed by atoms with van der Waals surface area (Å²) < 4.78 is 14.4. The Morgan fingerprint density at radius 2 is 2.00 bits per heavy atom. The van der Waals surface area contributed by atoms with Crippen LogP contribution in [0, 0.1) is 11.2 Å². The number of aryl methyl sites for hydroxylation is 1. The van der Waals surface area contributed by atoms with Crippen molar-refractivity contribution in [3.8, 4) is 0 Å². The third-order valence-corrected chi connectivity index (χ3v) is 4.21. The Kier molecular flexibility index (Phi) is 4.99. The quantitative estimate of drug-likeness (QED) is 0.812. The first-order chi connectivity index (χ1) is 7.73. The third-order valence-electron chi connectivity index (χ3n) is 2.95. The lowest BCUT2D eigenvalue weighted by atomic mass is 9.84. The maximum Gasteiger partial charge on any atom is 0.146 e. The van der Waals surface area contributed by atoms with E-state index in [2.05, 4.69) is 36.7 Å². The fraction of sp³-hybridized carbons (Fsp3) is 0.538. The van der Waals surface area contributed by atoms with Crippen molar-refractivity contribution >= 4 is 27.5 Å². The Labute approximate surface area is 116 Å². The number of halogens is 3. The van der Waals surface area contributed by atoms with Crippen molar-refractivity contribution in [1.29, 1.82) is 0 Å². The summed E-state index contributed by atoms with van der Waals surface area (Å²) in [5.41, 5.74) is 6.71. The summed E-state index contributed by atoms with van der Waals surface area (Å²) in [5, 5.41) is 0.145. The molecule has 0 spiro atoms. The first-order valence-electron chi connectivity index (χ1n) is 5.61. The van der Waals surface area contributed by atoms with Crippen LogP contribution < -0.4 is 5.73 Å². The molecule has 1 aromatic carbocycles. The molecule has 4 heteroatoms. The van der Waals surface area contributed by atoms with Gasteiger partial charge >= 0.3 is 0 Å². The minimum atomic E-state index is -0.345. The van der Waals surface area contributed by atoms with Crippen molar-refractivity contribution in [2.24, 2.45) is 11.1 Å². The Morgan fingerprint density at radius 3 is 2.53 bits per heavy atom. The Hall–Kier alpha value is -0.120. The first kappa shape index (κ1) is 14.9. The standard InChI is InChI=1S/C13H18BrClFN/c1-13(2,3)10(17)7-5-8-4-6-9(14)11(15)12(8)16/h4,6,10H,5,7,17H2,1-3H3. The minimum Gasteiger partial charge on any atom is -0.327 e. The number of hydrogen-bond acceptors (Lipinski definition) is 1. The second-order valence-electron chi connectivity index (χ2n) is 5.35. The molecule has 0 aromatic heterocycles. The molecule has 0 bridgehead atoms. The van der Waals surface area contributed by atoms with Crippen LogP contribution in [-0.2, 0) is 6.42 Å². The molecule has 17 heavy (non-hydrogen) atoms. The highest BCUT2D eigenvalue weighted by Gasteiger charge is 2.21. The highest BCUT2D eigenvalue weighted by Crippen LogP contribution is 2.29. The Balaban J connectivity index is 2.74. The van der Waals surface area contributed by atoms with E-state index in [1.165, 1.54) is 0 Å². The maximum atomic E-state index is 13.8. The Morgan fingerprint density at radius 1 is 1.41 bits per heavy atom. The predicted octanol–water partition coefficient (Wildman–Crippen LogP) is 4.55. The van der Waals surface area contributed by atoms with Gasteiger partial charge in [0.15, 0.2) is 0 Å². The zero-order chi connectivity index (χ0) is 13.2. The fourth-order valence-corrected chi connectivity index (χ4v) is 1.99. The number of nitrogens with two attached hydrogens (primary N) is 1. The molecule has 0 aliphatic heterocycles. The largest absolute Gasteiger partial charge is 0.327 e. The van der Waals surface area contributed by atoms with Crippen molar-refractivity contribution in [2.75, 3.05) is 0 Å². The van der Waals surface area contributed by atoms with E-state index in [4.69, 9.17) is 17.3 Å². The molecule has 1 unspecified atom stereocenters. The van der Waals surface area contributed by atoms with Gasteiger partial charge in [-0.1, -0.05) is 38.4 Å². The fourth-order valence-electron chi connectivity index (χ4n) is 1.50. The van der Waals surface area contributed by atoms with Gasteiger partial charge in [0.05, 0.1) is 5.02 Å². The molecule has 2 N–H and O–H groups in total. The molecule has 0 saturated heterocycles. The zero-order valence-corrected chi connectivity index (χ0v) is 12.7. The second kappa shape index (κ2) is 5.68. The van der Waals surface area contributed by atoms with Gasteiger partial charge in [0.25, 0.3) is 0 Å². The van der Waals surface area contributed by atoms with Gasteiger partial charge in [-0.2, -0.15) is 0 Å². The lowest BCUT2D eigenvalue weighted by molar-refractivity contribution is 0.305. The molecule has 0 aliphatic carbocycles. The molecular formula is C13H18BrClFN. The number of benzene rings is 1. The maximum absolute atomic E-state index is 13.8. The molecule has 0 heterocycles. The van der Waals surface area contributed by atoms with Gasteiger partial charge in [0.1, 0.15) is 5.82 Å².